The highest BCUT2D eigenvalue weighted by molar-refractivity contribution is 5.77. The van der Waals surface area contributed by atoms with Crippen LogP contribution < -0.4 is 0 Å². The molecule has 0 spiro atoms. The molecular formula is C18H22O2. The number of aryl methyl sites for hydroxylation is 1. The molecule has 2 heteroatoms. The van der Waals surface area contributed by atoms with E-state index in [2.05, 4.69) is 32.9 Å². The maximum atomic E-state index is 10.1. The molecule has 0 aliphatic heterocycles. The van der Waals surface area contributed by atoms with Crippen molar-refractivity contribution in [2.24, 2.45) is 0 Å². The summed E-state index contributed by atoms with van der Waals surface area (Å²) in [7, 11) is 0. The van der Waals surface area contributed by atoms with Gasteiger partial charge in [-0.15, -0.1) is 0 Å². The third-order valence-corrected chi connectivity index (χ3v) is 3.92. The van der Waals surface area contributed by atoms with Crippen molar-refractivity contribution < 1.29 is 10.2 Å². The van der Waals surface area contributed by atoms with Crippen LogP contribution in [0.3, 0.4) is 0 Å². The second-order valence-electron chi connectivity index (χ2n) is 4.96. The van der Waals surface area contributed by atoms with Crippen molar-refractivity contribution in [1.82, 2.24) is 0 Å². The van der Waals surface area contributed by atoms with Gasteiger partial charge in [0, 0.05) is 5.56 Å². The number of rotatable bonds is 4. The maximum absolute atomic E-state index is 10.1. The van der Waals surface area contributed by atoms with Gasteiger partial charge < -0.3 is 10.2 Å². The van der Waals surface area contributed by atoms with Crippen LogP contribution in [0.1, 0.15) is 37.5 Å². The maximum Gasteiger partial charge on any atom is 0.165 e. The van der Waals surface area contributed by atoms with Crippen LogP contribution in [-0.4, -0.2) is 10.2 Å². The number of hydrogen-bond acceptors (Lipinski definition) is 2. The van der Waals surface area contributed by atoms with E-state index in [1.807, 2.05) is 6.07 Å². The molecule has 20 heavy (non-hydrogen) atoms. The van der Waals surface area contributed by atoms with Crippen LogP contribution in [0.4, 0.5) is 0 Å². The molecule has 2 rings (SSSR count). The zero-order valence-corrected chi connectivity index (χ0v) is 12.4. The molecule has 0 heterocycles. The van der Waals surface area contributed by atoms with E-state index in [1.54, 1.807) is 6.07 Å². The number of hydrogen-bond donors (Lipinski definition) is 2. The summed E-state index contributed by atoms with van der Waals surface area (Å²) in [6.07, 6.45) is 2.92. The molecule has 0 atom stereocenters. The molecule has 0 aromatic heterocycles. The topological polar surface area (TPSA) is 40.5 Å². The van der Waals surface area contributed by atoms with Crippen LogP contribution in [0.15, 0.2) is 30.3 Å². The van der Waals surface area contributed by atoms with Gasteiger partial charge in [0.25, 0.3) is 0 Å². The lowest BCUT2D eigenvalue weighted by Crippen LogP contribution is -2.00. The molecule has 0 amide bonds. The summed E-state index contributed by atoms with van der Waals surface area (Å²) in [5.74, 6) is -0.101. The van der Waals surface area contributed by atoms with Crippen LogP contribution in [0, 0.1) is 0 Å². The van der Waals surface area contributed by atoms with Gasteiger partial charge in [-0.1, -0.05) is 45.0 Å². The first-order valence-corrected chi connectivity index (χ1v) is 7.28. The second-order valence-corrected chi connectivity index (χ2v) is 4.96. The second kappa shape index (κ2) is 6.00. The minimum Gasteiger partial charge on any atom is -0.504 e. The fraction of sp³-hybridized carbons (Fsp3) is 0.333. The summed E-state index contributed by atoms with van der Waals surface area (Å²) in [5.41, 5.74) is 5.74. The molecule has 0 saturated carbocycles. The molecule has 0 saturated heterocycles. The monoisotopic (exact) mass is 270 g/mol. The van der Waals surface area contributed by atoms with Crippen molar-refractivity contribution in [3.8, 4) is 22.6 Å². The fourth-order valence-electron chi connectivity index (χ4n) is 2.92. The standard InChI is InChI=1S/C18H22O2/c1-4-12-10-11-15(14(6-3)13(12)5-2)16-8-7-9-17(19)18(16)20/h7-11,19-20H,4-6H2,1-3H3. The number of benzene rings is 2. The van der Waals surface area contributed by atoms with Crippen LogP contribution in [0.2, 0.25) is 0 Å². The summed E-state index contributed by atoms with van der Waals surface area (Å²) in [6, 6.07) is 9.32. The molecule has 2 nitrogen and oxygen atoms in total. The number of phenols is 2. The van der Waals surface area contributed by atoms with Gasteiger partial charge in [-0.3, -0.25) is 0 Å². The van der Waals surface area contributed by atoms with Gasteiger partial charge in [-0.25, -0.2) is 0 Å². The van der Waals surface area contributed by atoms with Gasteiger partial charge in [0.2, 0.25) is 0 Å². The van der Waals surface area contributed by atoms with E-state index in [9.17, 15) is 10.2 Å². The lowest BCUT2D eigenvalue weighted by Gasteiger charge is -2.17. The summed E-state index contributed by atoms with van der Waals surface area (Å²) in [6.45, 7) is 6.47. The third-order valence-electron chi connectivity index (χ3n) is 3.92. The Hall–Kier alpha value is -1.96. The Kier molecular flexibility index (Phi) is 4.33. The van der Waals surface area contributed by atoms with Crippen LogP contribution >= 0.6 is 0 Å². The van der Waals surface area contributed by atoms with Gasteiger partial charge in [-0.05, 0) is 47.6 Å². The highest BCUT2D eigenvalue weighted by Crippen LogP contribution is 2.39. The molecule has 0 fully saturated rings. The number of phenolic OH excluding ortho intramolecular Hbond substituents is 2. The average molecular weight is 270 g/mol. The van der Waals surface area contributed by atoms with E-state index in [-0.39, 0.29) is 11.5 Å². The molecule has 0 bridgehead atoms. The van der Waals surface area contributed by atoms with Gasteiger partial charge in [0.1, 0.15) is 0 Å². The van der Waals surface area contributed by atoms with Crippen molar-refractivity contribution in [3.63, 3.8) is 0 Å². The molecule has 2 aromatic rings. The van der Waals surface area contributed by atoms with Crippen LogP contribution in [0.25, 0.3) is 11.1 Å². The number of aromatic hydroxyl groups is 2. The summed E-state index contributed by atoms with van der Waals surface area (Å²) in [4.78, 5) is 0. The Balaban J connectivity index is 2.71. The Bertz CT molecular complexity index is 615. The molecule has 0 aliphatic carbocycles. The Morgan fingerprint density at radius 3 is 2.05 bits per heavy atom. The Morgan fingerprint density at radius 1 is 0.750 bits per heavy atom. The van der Waals surface area contributed by atoms with Crippen molar-refractivity contribution in [3.05, 3.63) is 47.0 Å². The lowest BCUT2D eigenvalue weighted by atomic mass is 9.88. The SMILES string of the molecule is CCc1ccc(-c2cccc(O)c2O)c(CC)c1CC. The van der Waals surface area contributed by atoms with Gasteiger partial charge in [0.05, 0.1) is 0 Å². The molecule has 2 N–H and O–H groups in total. The largest absolute Gasteiger partial charge is 0.504 e. The van der Waals surface area contributed by atoms with Crippen molar-refractivity contribution in [2.45, 2.75) is 40.0 Å². The normalized spacial score (nSPS) is 10.8. The first-order valence-electron chi connectivity index (χ1n) is 7.28. The Labute approximate surface area is 120 Å². The fourth-order valence-corrected chi connectivity index (χ4v) is 2.92. The Morgan fingerprint density at radius 2 is 1.45 bits per heavy atom. The van der Waals surface area contributed by atoms with Gasteiger partial charge in [-0.2, -0.15) is 0 Å². The van der Waals surface area contributed by atoms with Crippen LogP contribution in [-0.2, 0) is 19.3 Å². The zero-order valence-electron chi connectivity index (χ0n) is 12.4. The summed E-state index contributed by atoms with van der Waals surface area (Å²) >= 11 is 0. The van der Waals surface area contributed by atoms with E-state index in [1.165, 1.54) is 22.8 Å². The molecule has 0 unspecified atom stereocenters. The zero-order chi connectivity index (χ0) is 14.7. The van der Waals surface area contributed by atoms with Crippen molar-refractivity contribution >= 4 is 0 Å². The summed E-state index contributed by atoms with van der Waals surface area (Å²) < 4.78 is 0. The first kappa shape index (κ1) is 14.4. The van der Waals surface area contributed by atoms with Crippen molar-refractivity contribution in [2.75, 3.05) is 0 Å². The molecule has 0 radical (unpaired) electrons. The van der Waals surface area contributed by atoms with Gasteiger partial charge in [0.15, 0.2) is 11.5 Å². The van der Waals surface area contributed by atoms with E-state index in [4.69, 9.17) is 0 Å². The predicted octanol–water partition coefficient (Wildman–Crippen LogP) is 4.45. The average Bonchev–Trinajstić information content (AvgIpc) is 2.48. The number of para-hydroxylation sites is 1. The minimum atomic E-state index is -0.0674. The van der Waals surface area contributed by atoms with Crippen molar-refractivity contribution in [1.29, 1.82) is 0 Å². The smallest absolute Gasteiger partial charge is 0.165 e. The third kappa shape index (κ3) is 2.38. The molecule has 0 aliphatic rings. The predicted molar refractivity (Wildman–Crippen MR) is 83.3 cm³/mol. The quantitative estimate of drug-likeness (QED) is 0.806. The lowest BCUT2D eigenvalue weighted by molar-refractivity contribution is 0.405. The minimum absolute atomic E-state index is 0.0338. The summed E-state index contributed by atoms with van der Waals surface area (Å²) in [5, 5.41) is 19.8. The molecule has 2 aromatic carbocycles. The van der Waals surface area contributed by atoms with Gasteiger partial charge >= 0.3 is 0 Å². The van der Waals surface area contributed by atoms with E-state index in [0.29, 0.717) is 5.56 Å². The molecular weight excluding hydrogens is 248 g/mol. The highest BCUT2D eigenvalue weighted by Gasteiger charge is 2.15. The van der Waals surface area contributed by atoms with E-state index < -0.39 is 0 Å². The van der Waals surface area contributed by atoms with E-state index in [0.717, 1.165) is 24.8 Å². The van der Waals surface area contributed by atoms with E-state index >= 15 is 0 Å². The first-order chi connectivity index (χ1) is 9.63. The molecule has 106 valence electrons. The highest BCUT2D eigenvalue weighted by atomic mass is 16.3. The van der Waals surface area contributed by atoms with Crippen LogP contribution in [0.5, 0.6) is 11.5 Å².